The van der Waals surface area contributed by atoms with Gasteiger partial charge in [0.2, 0.25) is 0 Å². The second kappa shape index (κ2) is 5.00. The molecule has 2 unspecified atom stereocenters. The van der Waals surface area contributed by atoms with Gasteiger partial charge in [-0.3, -0.25) is 0 Å². The molecule has 1 saturated heterocycles. The van der Waals surface area contributed by atoms with Crippen molar-refractivity contribution in [2.45, 2.75) is 31.8 Å². The highest BCUT2D eigenvalue weighted by molar-refractivity contribution is 5.44. The molecule has 1 aliphatic rings. The van der Waals surface area contributed by atoms with Gasteiger partial charge in [0.15, 0.2) is 11.6 Å². The Morgan fingerprint density at radius 2 is 2.06 bits per heavy atom. The molecule has 1 heterocycles. The zero-order valence-corrected chi connectivity index (χ0v) is 10.2. The van der Waals surface area contributed by atoms with E-state index in [2.05, 4.69) is 24.2 Å². The van der Waals surface area contributed by atoms with Gasteiger partial charge in [-0.15, -0.1) is 0 Å². The van der Waals surface area contributed by atoms with Crippen LogP contribution in [0.25, 0.3) is 0 Å². The zero-order chi connectivity index (χ0) is 12.4. The molecular weight excluding hydrogens is 222 g/mol. The predicted octanol–water partition coefficient (Wildman–Crippen LogP) is 2.86. The van der Waals surface area contributed by atoms with Crippen molar-refractivity contribution in [2.24, 2.45) is 0 Å². The molecule has 0 aliphatic carbocycles. The minimum atomic E-state index is -0.799. The summed E-state index contributed by atoms with van der Waals surface area (Å²) in [7, 11) is 2.11. The summed E-state index contributed by atoms with van der Waals surface area (Å²) < 4.78 is 25.8. The number of benzene rings is 1. The number of halogens is 2. The number of nitrogens with one attached hydrogen (secondary N) is 1. The summed E-state index contributed by atoms with van der Waals surface area (Å²) in [6.45, 7) is 3.21. The fourth-order valence-corrected chi connectivity index (χ4v) is 2.24. The first kappa shape index (κ1) is 12.3. The summed E-state index contributed by atoms with van der Waals surface area (Å²) in [5.74, 6) is -1.59. The lowest BCUT2D eigenvalue weighted by Gasteiger charge is -2.35. The molecule has 0 radical (unpaired) electrons. The first-order chi connectivity index (χ1) is 8.06. The molecule has 1 aliphatic heterocycles. The summed E-state index contributed by atoms with van der Waals surface area (Å²) in [4.78, 5) is 2.31. The Bertz CT molecular complexity index is 395. The van der Waals surface area contributed by atoms with Gasteiger partial charge in [-0.25, -0.2) is 8.78 Å². The summed E-state index contributed by atoms with van der Waals surface area (Å²) in [5, 5.41) is 3.27. The van der Waals surface area contributed by atoms with Gasteiger partial charge in [-0.2, -0.15) is 0 Å². The number of nitrogens with zero attached hydrogens (tertiary/aromatic N) is 1. The van der Waals surface area contributed by atoms with Crippen LogP contribution < -0.4 is 5.32 Å². The molecule has 4 heteroatoms. The third-order valence-electron chi connectivity index (χ3n) is 3.50. The zero-order valence-electron chi connectivity index (χ0n) is 10.2. The van der Waals surface area contributed by atoms with Gasteiger partial charge in [-0.05, 0) is 38.9 Å². The molecule has 94 valence electrons. The van der Waals surface area contributed by atoms with E-state index < -0.39 is 11.6 Å². The molecule has 1 aromatic rings. The van der Waals surface area contributed by atoms with Gasteiger partial charge >= 0.3 is 0 Å². The van der Waals surface area contributed by atoms with Gasteiger partial charge in [0.05, 0.1) is 0 Å². The summed E-state index contributed by atoms with van der Waals surface area (Å²) in [6.07, 6.45) is 2.05. The second-order valence-electron chi connectivity index (χ2n) is 4.82. The van der Waals surface area contributed by atoms with Crippen molar-refractivity contribution in [3.05, 3.63) is 29.8 Å². The van der Waals surface area contributed by atoms with E-state index in [4.69, 9.17) is 0 Å². The lowest BCUT2D eigenvalue weighted by molar-refractivity contribution is 0.190. The summed E-state index contributed by atoms with van der Waals surface area (Å²) in [5.41, 5.74) is 0.658. The highest BCUT2D eigenvalue weighted by atomic mass is 19.2. The Hall–Kier alpha value is -1.16. The maximum Gasteiger partial charge on any atom is 0.160 e. The highest BCUT2D eigenvalue weighted by Gasteiger charge is 2.22. The number of piperidine rings is 1. The average molecular weight is 240 g/mol. The molecule has 0 bridgehead atoms. The molecule has 0 aromatic heterocycles. The van der Waals surface area contributed by atoms with Crippen LogP contribution >= 0.6 is 0 Å². The van der Waals surface area contributed by atoms with Crippen LogP contribution in [0.5, 0.6) is 0 Å². The number of hydrogen-bond acceptors (Lipinski definition) is 2. The first-order valence-corrected chi connectivity index (χ1v) is 5.98. The first-order valence-electron chi connectivity index (χ1n) is 5.98. The van der Waals surface area contributed by atoms with E-state index in [1.807, 2.05) is 0 Å². The molecule has 1 fully saturated rings. The summed E-state index contributed by atoms with van der Waals surface area (Å²) >= 11 is 0. The minimum absolute atomic E-state index is 0.339. The van der Waals surface area contributed by atoms with Crippen LogP contribution in [0.3, 0.4) is 0 Å². The van der Waals surface area contributed by atoms with Crippen molar-refractivity contribution in [2.75, 3.05) is 18.9 Å². The monoisotopic (exact) mass is 240 g/mol. The molecule has 2 atom stereocenters. The van der Waals surface area contributed by atoms with Crippen LogP contribution in [-0.4, -0.2) is 30.6 Å². The number of anilines is 1. The van der Waals surface area contributed by atoms with E-state index in [0.717, 1.165) is 25.5 Å². The standard InChI is InChI=1S/C13H18F2N2/c1-9-7-11(5-6-17(9)2)16-10-3-4-12(14)13(15)8-10/h3-4,8-9,11,16H,5-7H2,1-2H3. The molecule has 0 amide bonds. The van der Waals surface area contributed by atoms with Crippen molar-refractivity contribution in [3.63, 3.8) is 0 Å². The van der Waals surface area contributed by atoms with E-state index in [9.17, 15) is 8.78 Å². The second-order valence-corrected chi connectivity index (χ2v) is 4.82. The largest absolute Gasteiger partial charge is 0.382 e. The molecular formula is C13H18F2N2. The van der Waals surface area contributed by atoms with Crippen LogP contribution in [0.1, 0.15) is 19.8 Å². The maximum atomic E-state index is 13.0. The molecule has 1 N–H and O–H groups in total. The quantitative estimate of drug-likeness (QED) is 0.855. The van der Waals surface area contributed by atoms with Crippen molar-refractivity contribution >= 4 is 5.69 Å². The summed E-state index contributed by atoms with van der Waals surface area (Å²) in [6, 6.07) is 4.83. The number of likely N-dealkylation sites (tertiary alicyclic amines) is 1. The third kappa shape index (κ3) is 2.94. The highest BCUT2D eigenvalue weighted by Crippen LogP contribution is 2.21. The Balaban J connectivity index is 1.99. The minimum Gasteiger partial charge on any atom is -0.382 e. The molecule has 1 aromatic carbocycles. The van der Waals surface area contributed by atoms with Crippen LogP contribution in [0, 0.1) is 11.6 Å². The number of rotatable bonds is 2. The Morgan fingerprint density at radius 1 is 1.29 bits per heavy atom. The third-order valence-corrected chi connectivity index (χ3v) is 3.50. The molecule has 2 nitrogen and oxygen atoms in total. The van der Waals surface area contributed by atoms with Gasteiger partial charge in [0.1, 0.15) is 0 Å². The van der Waals surface area contributed by atoms with E-state index in [0.29, 0.717) is 17.8 Å². The lowest BCUT2D eigenvalue weighted by Crippen LogP contribution is -2.42. The van der Waals surface area contributed by atoms with Crippen LogP contribution in [0.2, 0.25) is 0 Å². The fraction of sp³-hybridized carbons (Fsp3) is 0.538. The fourth-order valence-electron chi connectivity index (χ4n) is 2.24. The molecule has 0 spiro atoms. The van der Waals surface area contributed by atoms with E-state index >= 15 is 0 Å². The predicted molar refractivity (Wildman–Crippen MR) is 65.1 cm³/mol. The van der Waals surface area contributed by atoms with Gasteiger partial charge in [0, 0.05) is 30.4 Å². The van der Waals surface area contributed by atoms with Gasteiger partial charge in [-0.1, -0.05) is 0 Å². The maximum absolute atomic E-state index is 13.0. The Kier molecular flexibility index (Phi) is 3.62. The smallest absolute Gasteiger partial charge is 0.160 e. The van der Waals surface area contributed by atoms with Crippen molar-refractivity contribution in [1.29, 1.82) is 0 Å². The molecule has 0 saturated carbocycles. The normalized spacial score (nSPS) is 25.9. The van der Waals surface area contributed by atoms with Crippen molar-refractivity contribution < 1.29 is 8.78 Å². The van der Waals surface area contributed by atoms with E-state index in [1.165, 1.54) is 6.07 Å². The van der Waals surface area contributed by atoms with Gasteiger partial charge in [0.25, 0.3) is 0 Å². The van der Waals surface area contributed by atoms with Crippen LogP contribution in [0.15, 0.2) is 18.2 Å². The molecule has 17 heavy (non-hydrogen) atoms. The SMILES string of the molecule is CC1CC(Nc2ccc(F)c(F)c2)CCN1C. The van der Waals surface area contributed by atoms with Crippen LogP contribution in [-0.2, 0) is 0 Å². The van der Waals surface area contributed by atoms with Crippen LogP contribution in [0.4, 0.5) is 14.5 Å². The van der Waals surface area contributed by atoms with Crippen molar-refractivity contribution in [1.82, 2.24) is 4.90 Å². The topological polar surface area (TPSA) is 15.3 Å². The van der Waals surface area contributed by atoms with Crippen molar-refractivity contribution in [3.8, 4) is 0 Å². The average Bonchev–Trinajstić information content (AvgIpc) is 2.29. The Labute approximate surface area is 101 Å². The lowest BCUT2D eigenvalue weighted by atomic mass is 9.98. The van der Waals surface area contributed by atoms with E-state index in [-0.39, 0.29) is 0 Å². The van der Waals surface area contributed by atoms with E-state index in [1.54, 1.807) is 6.07 Å². The Morgan fingerprint density at radius 3 is 2.71 bits per heavy atom. The molecule has 2 rings (SSSR count). The van der Waals surface area contributed by atoms with Gasteiger partial charge < -0.3 is 10.2 Å². The number of hydrogen-bond donors (Lipinski definition) is 1.